The van der Waals surface area contributed by atoms with Gasteiger partial charge in [0.1, 0.15) is 0 Å². The molecule has 14 heavy (non-hydrogen) atoms. The zero-order valence-corrected chi connectivity index (χ0v) is 7.77. The first kappa shape index (κ1) is 10.4. The van der Waals surface area contributed by atoms with Crippen LogP contribution in [0.25, 0.3) is 0 Å². The van der Waals surface area contributed by atoms with Crippen LogP contribution in [-0.2, 0) is 11.2 Å². The minimum atomic E-state index is -0.877. The fraction of sp³-hybridized carbons (Fsp3) is 0.300. The van der Waals surface area contributed by atoms with Crippen LogP contribution in [0.4, 0.5) is 0 Å². The van der Waals surface area contributed by atoms with E-state index in [1.165, 1.54) is 12.1 Å². The number of aromatic hydroxyl groups is 2. The first-order chi connectivity index (χ1) is 6.50. The molecule has 0 aliphatic rings. The van der Waals surface area contributed by atoms with Gasteiger partial charge in [-0.2, -0.15) is 0 Å². The summed E-state index contributed by atoms with van der Waals surface area (Å²) in [5, 5.41) is 26.8. The van der Waals surface area contributed by atoms with Gasteiger partial charge in [-0.25, -0.2) is 0 Å². The van der Waals surface area contributed by atoms with Crippen molar-refractivity contribution in [2.45, 2.75) is 13.3 Å². The molecule has 1 rings (SSSR count). The fourth-order valence-electron chi connectivity index (χ4n) is 1.14. The fourth-order valence-corrected chi connectivity index (χ4v) is 1.14. The van der Waals surface area contributed by atoms with Crippen molar-refractivity contribution in [3.63, 3.8) is 0 Å². The van der Waals surface area contributed by atoms with Crippen LogP contribution in [-0.4, -0.2) is 21.3 Å². The van der Waals surface area contributed by atoms with Crippen LogP contribution in [0, 0.1) is 5.92 Å². The minimum absolute atomic E-state index is 0.197. The van der Waals surface area contributed by atoms with Gasteiger partial charge in [-0.3, -0.25) is 4.79 Å². The van der Waals surface area contributed by atoms with E-state index in [1.807, 2.05) is 0 Å². The molecule has 0 aromatic heterocycles. The molecule has 1 aromatic rings. The largest absolute Gasteiger partial charge is 0.504 e. The molecule has 0 radical (unpaired) electrons. The van der Waals surface area contributed by atoms with Crippen molar-refractivity contribution in [3.05, 3.63) is 23.8 Å². The molecule has 0 spiro atoms. The lowest BCUT2D eigenvalue weighted by Crippen LogP contribution is -2.12. The number of hydrogen-bond donors (Lipinski definition) is 3. The number of rotatable bonds is 3. The van der Waals surface area contributed by atoms with E-state index in [9.17, 15) is 4.79 Å². The molecule has 0 aliphatic heterocycles. The average Bonchev–Trinajstić information content (AvgIpc) is 2.11. The predicted molar refractivity (Wildman–Crippen MR) is 50.3 cm³/mol. The summed E-state index contributed by atoms with van der Waals surface area (Å²) < 4.78 is 0. The van der Waals surface area contributed by atoms with Crippen LogP contribution in [0.3, 0.4) is 0 Å². The Kier molecular flexibility index (Phi) is 2.96. The molecule has 0 saturated carbocycles. The second kappa shape index (κ2) is 4.00. The monoisotopic (exact) mass is 196 g/mol. The number of carboxylic acid groups (broad SMARTS) is 1. The van der Waals surface area contributed by atoms with Gasteiger partial charge in [-0.05, 0) is 24.1 Å². The summed E-state index contributed by atoms with van der Waals surface area (Å²) in [5.41, 5.74) is 0.690. The van der Waals surface area contributed by atoms with Gasteiger partial charge in [0.05, 0.1) is 5.92 Å². The first-order valence-electron chi connectivity index (χ1n) is 4.24. The maximum atomic E-state index is 10.5. The Labute approximate surface area is 81.4 Å². The van der Waals surface area contributed by atoms with Crippen molar-refractivity contribution in [2.24, 2.45) is 5.92 Å². The molecule has 0 heterocycles. The summed E-state index contributed by atoms with van der Waals surface area (Å²) in [4.78, 5) is 10.5. The van der Waals surface area contributed by atoms with Crippen molar-refractivity contribution < 1.29 is 20.1 Å². The molecule has 1 atom stereocenters. The summed E-state index contributed by atoms with van der Waals surface area (Å²) >= 11 is 0. The van der Waals surface area contributed by atoms with Crippen molar-refractivity contribution in [1.82, 2.24) is 0 Å². The lowest BCUT2D eigenvalue weighted by molar-refractivity contribution is -0.141. The Morgan fingerprint density at radius 2 is 2.00 bits per heavy atom. The van der Waals surface area contributed by atoms with Gasteiger partial charge < -0.3 is 15.3 Å². The maximum absolute atomic E-state index is 10.5. The average molecular weight is 196 g/mol. The van der Waals surface area contributed by atoms with Crippen LogP contribution in [0.2, 0.25) is 0 Å². The molecule has 1 aromatic carbocycles. The van der Waals surface area contributed by atoms with Crippen molar-refractivity contribution in [2.75, 3.05) is 0 Å². The summed E-state index contributed by atoms with van der Waals surface area (Å²) in [6.07, 6.45) is 0.336. The zero-order valence-electron chi connectivity index (χ0n) is 7.77. The van der Waals surface area contributed by atoms with Crippen LogP contribution in [0.15, 0.2) is 18.2 Å². The molecule has 0 unspecified atom stereocenters. The maximum Gasteiger partial charge on any atom is 0.306 e. The third-order valence-corrected chi connectivity index (χ3v) is 2.00. The third-order valence-electron chi connectivity index (χ3n) is 2.00. The highest BCUT2D eigenvalue weighted by Gasteiger charge is 2.12. The zero-order chi connectivity index (χ0) is 10.7. The number of carboxylic acids is 1. The number of phenols is 2. The Bertz CT molecular complexity index is 346. The van der Waals surface area contributed by atoms with E-state index >= 15 is 0 Å². The minimum Gasteiger partial charge on any atom is -0.504 e. The van der Waals surface area contributed by atoms with Crippen LogP contribution in [0.1, 0.15) is 12.5 Å². The van der Waals surface area contributed by atoms with E-state index in [1.54, 1.807) is 13.0 Å². The van der Waals surface area contributed by atoms with Crippen LogP contribution >= 0.6 is 0 Å². The van der Waals surface area contributed by atoms with Gasteiger partial charge in [-0.1, -0.05) is 13.0 Å². The number of phenolic OH excluding ortho intramolecular Hbond substituents is 2. The van der Waals surface area contributed by atoms with Gasteiger partial charge in [0.2, 0.25) is 0 Å². The quantitative estimate of drug-likeness (QED) is 0.638. The summed E-state index contributed by atoms with van der Waals surface area (Å²) in [6, 6.07) is 4.31. The van der Waals surface area contributed by atoms with Gasteiger partial charge >= 0.3 is 5.97 Å². The normalized spacial score (nSPS) is 12.4. The van der Waals surface area contributed by atoms with E-state index in [2.05, 4.69) is 0 Å². The molecular weight excluding hydrogens is 184 g/mol. The number of aliphatic carboxylic acids is 1. The Hall–Kier alpha value is -1.71. The number of carbonyl (C=O) groups is 1. The standard InChI is InChI=1S/C10H12O4/c1-6(10(13)14)4-7-2-3-8(11)9(12)5-7/h2-3,5-6,11-12H,4H2,1H3,(H,13,14)/t6-/m1/s1. The lowest BCUT2D eigenvalue weighted by atomic mass is 10.0. The van der Waals surface area contributed by atoms with Gasteiger partial charge in [0.15, 0.2) is 11.5 Å². The van der Waals surface area contributed by atoms with Gasteiger partial charge in [0, 0.05) is 0 Å². The molecule has 0 fully saturated rings. The molecule has 3 N–H and O–H groups in total. The van der Waals surface area contributed by atoms with E-state index in [-0.39, 0.29) is 11.5 Å². The van der Waals surface area contributed by atoms with E-state index in [0.29, 0.717) is 12.0 Å². The Balaban J connectivity index is 2.78. The second-order valence-corrected chi connectivity index (χ2v) is 3.27. The molecule has 76 valence electrons. The van der Waals surface area contributed by atoms with E-state index < -0.39 is 11.9 Å². The molecule has 0 amide bonds. The highest BCUT2D eigenvalue weighted by molar-refractivity contribution is 5.69. The van der Waals surface area contributed by atoms with E-state index in [4.69, 9.17) is 15.3 Å². The summed E-state index contributed by atoms with van der Waals surface area (Å²) in [6.45, 7) is 1.59. The summed E-state index contributed by atoms with van der Waals surface area (Å²) in [7, 11) is 0. The first-order valence-corrected chi connectivity index (χ1v) is 4.24. The lowest BCUT2D eigenvalue weighted by Gasteiger charge is -2.06. The van der Waals surface area contributed by atoms with E-state index in [0.717, 1.165) is 0 Å². The smallest absolute Gasteiger partial charge is 0.306 e. The van der Waals surface area contributed by atoms with Crippen LogP contribution < -0.4 is 0 Å². The Morgan fingerprint density at radius 3 is 2.50 bits per heavy atom. The molecule has 4 nitrogen and oxygen atoms in total. The second-order valence-electron chi connectivity index (χ2n) is 3.27. The molecular formula is C10H12O4. The Morgan fingerprint density at radius 1 is 1.36 bits per heavy atom. The van der Waals surface area contributed by atoms with Crippen LogP contribution in [0.5, 0.6) is 11.5 Å². The number of hydrogen-bond acceptors (Lipinski definition) is 3. The molecule has 0 saturated heterocycles. The topological polar surface area (TPSA) is 77.8 Å². The van der Waals surface area contributed by atoms with Crippen molar-refractivity contribution >= 4 is 5.97 Å². The number of benzene rings is 1. The molecule has 0 bridgehead atoms. The third kappa shape index (κ3) is 2.39. The highest BCUT2D eigenvalue weighted by Crippen LogP contribution is 2.25. The van der Waals surface area contributed by atoms with Gasteiger partial charge in [0.25, 0.3) is 0 Å². The van der Waals surface area contributed by atoms with Gasteiger partial charge in [-0.15, -0.1) is 0 Å². The summed E-state index contributed by atoms with van der Waals surface area (Å²) in [5.74, 6) is -1.80. The van der Waals surface area contributed by atoms with Crippen molar-refractivity contribution in [3.8, 4) is 11.5 Å². The molecule has 4 heteroatoms. The SMILES string of the molecule is C[C@H](Cc1ccc(O)c(O)c1)C(=O)O. The highest BCUT2D eigenvalue weighted by atomic mass is 16.4. The van der Waals surface area contributed by atoms with Crippen molar-refractivity contribution in [1.29, 1.82) is 0 Å². The molecule has 0 aliphatic carbocycles. The predicted octanol–water partition coefficient (Wildman–Crippen LogP) is 1.36.